The summed E-state index contributed by atoms with van der Waals surface area (Å²) in [4.78, 5) is 35.6. The third kappa shape index (κ3) is 6.40. The van der Waals surface area contributed by atoms with Crippen LogP contribution in [-0.2, 0) is 20.7 Å². The molecule has 1 aliphatic carbocycles. The summed E-state index contributed by atoms with van der Waals surface area (Å²) in [5.41, 5.74) is -0.0533. The Hall–Kier alpha value is -2.83. The minimum absolute atomic E-state index is 0.255. The first kappa shape index (κ1) is 21.5. The Kier molecular flexibility index (Phi) is 6.83. The van der Waals surface area contributed by atoms with Gasteiger partial charge in [0.15, 0.2) is 0 Å². The molecular formula is C21H28N2O5. The number of carbonyl (C=O) groups excluding carboxylic acids is 2. The molecule has 3 N–H and O–H groups in total. The molecule has 28 heavy (non-hydrogen) atoms. The smallest absolute Gasteiger partial charge is 0.408 e. The van der Waals surface area contributed by atoms with Crippen molar-refractivity contribution in [2.75, 3.05) is 5.32 Å². The lowest BCUT2D eigenvalue weighted by atomic mass is 9.96. The zero-order valence-electron chi connectivity index (χ0n) is 16.6. The minimum Gasteiger partial charge on any atom is -0.478 e. The van der Waals surface area contributed by atoms with Crippen molar-refractivity contribution in [2.24, 2.45) is 0 Å². The van der Waals surface area contributed by atoms with E-state index >= 15 is 0 Å². The number of hydrogen-bond acceptors (Lipinski definition) is 4. The molecule has 7 heteroatoms. The summed E-state index contributed by atoms with van der Waals surface area (Å²) < 4.78 is 5.32. The molecule has 2 amide bonds. The quantitative estimate of drug-likeness (QED) is 0.645. The Labute approximate surface area is 165 Å². The molecule has 0 spiro atoms. The van der Waals surface area contributed by atoms with Crippen molar-refractivity contribution in [3.63, 3.8) is 0 Å². The van der Waals surface area contributed by atoms with E-state index < -0.39 is 23.2 Å². The van der Waals surface area contributed by atoms with Crippen molar-refractivity contribution < 1.29 is 24.2 Å². The molecule has 0 heterocycles. The number of hydrogen-bond donors (Lipinski definition) is 3. The molecule has 0 radical (unpaired) electrons. The molecule has 0 unspecified atom stereocenters. The standard InChI is InChI=1S/C21H28N2O5/c1-20(2,3)28-19(27)23-21(13-4-5-14-21)18(26)22-16-11-9-15(10-12-16)7-6-8-17(24)25/h6,8-12H,4-5,7,13-14H2,1-3H3,(H,22,26)(H,23,27)(H,24,25)/b8-6+. The first-order valence-corrected chi connectivity index (χ1v) is 9.41. The van der Waals surface area contributed by atoms with Gasteiger partial charge in [-0.1, -0.05) is 31.1 Å². The highest BCUT2D eigenvalue weighted by Crippen LogP contribution is 2.31. The summed E-state index contributed by atoms with van der Waals surface area (Å²) >= 11 is 0. The van der Waals surface area contributed by atoms with Gasteiger partial charge in [-0.15, -0.1) is 0 Å². The zero-order chi connectivity index (χ0) is 20.8. The van der Waals surface area contributed by atoms with Gasteiger partial charge >= 0.3 is 12.1 Å². The lowest BCUT2D eigenvalue weighted by molar-refractivity contribution is -0.131. The first-order chi connectivity index (χ1) is 13.1. The maximum Gasteiger partial charge on any atom is 0.408 e. The van der Waals surface area contributed by atoms with E-state index in [1.165, 1.54) is 0 Å². The van der Waals surface area contributed by atoms with Crippen LogP contribution in [0.3, 0.4) is 0 Å². The lowest BCUT2D eigenvalue weighted by Crippen LogP contribution is -2.55. The molecule has 0 bridgehead atoms. The van der Waals surface area contributed by atoms with Crippen LogP contribution in [0.5, 0.6) is 0 Å². The topological polar surface area (TPSA) is 105 Å². The summed E-state index contributed by atoms with van der Waals surface area (Å²) in [7, 11) is 0. The second-order valence-electron chi connectivity index (χ2n) is 8.01. The Morgan fingerprint density at radius 1 is 1.14 bits per heavy atom. The van der Waals surface area contributed by atoms with E-state index in [1.54, 1.807) is 39.0 Å². The van der Waals surface area contributed by atoms with Crippen LogP contribution in [0.4, 0.5) is 10.5 Å². The average molecular weight is 388 g/mol. The molecule has 1 saturated carbocycles. The number of carbonyl (C=O) groups is 3. The predicted molar refractivity (Wildman–Crippen MR) is 106 cm³/mol. The van der Waals surface area contributed by atoms with Crippen LogP contribution in [0.15, 0.2) is 36.4 Å². The van der Waals surface area contributed by atoms with Gasteiger partial charge in [-0.05, 0) is 57.7 Å². The highest BCUT2D eigenvalue weighted by molar-refractivity contribution is 6.00. The van der Waals surface area contributed by atoms with Gasteiger partial charge in [-0.3, -0.25) is 4.79 Å². The summed E-state index contributed by atoms with van der Waals surface area (Å²) in [5, 5.41) is 14.3. The molecule has 7 nitrogen and oxygen atoms in total. The summed E-state index contributed by atoms with van der Waals surface area (Å²) in [6.07, 6.45) is 5.41. The molecule has 0 atom stereocenters. The van der Waals surface area contributed by atoms with E-state index in [9.17, 15) is 14.4 Å². The van der Waals surface area contributed by atoms with Gasteiger partial charge in [0.2, 0.25) is 5.91 Å². The van der Waals surface area contributed by atoms with E-state index in [0.717, 1.165) is 24.5 Å². The van der Waals surface area contributed by atoms with Gasteiger partial charge in [-0.2, -0.15) is 0 Å². The largest absolute Gasteiger partial charge is 0.478 e. The summed E-state index contributed by atoms with van der Waals surface area (Å²) in [5.74, 6) is -1.24. The highest BCUT2D eigenvalue weighted by Gasteiger charge is 2.43. The van der Waals surface area contributed by atoms with Gasteiger partial charge < -0.3 is 20.5 Å². The van der Waals surface area contributed by atoms with Crippen molar-refractivity contribution >= 4 is 23.7 Å². The highest BCUT2D eigenvalue weighted by atomic mass is 16.6. The van der Waals surface area contributed by atoms with Gasteiger partial charge in [-0.25, -0.2) is 9.59 Å². The number of carboxylic acids is 1. The molecule has 1 aromatic carbocycles. The van der Waals surface area contributed by atoms with Crippen LogP contribution >= 0.6 is 0 Å². The Balaban J connectivity index is 2.02. The molecule has 1 fully saturated rings. The van der Waals surface area contributed by atoms with E-state index in [0.29, 0.717) is 24.9 Å². The number of carboxylic acid groups (broad SMARTS) is 1. The Morgan fingerprint density at radius 3 is 2.29 bits per heavy atom. The van der Waals surface area contributed by atoms with Crippen molar-refractivity contribution in [3.8, 4) is 0 Å². The second kappa shape index (κ2) is 8.91. The van der Waals surface area contributed by atoms with Crippen LogP contribution in [0, 0.1) is 0 Å². The molecule has 0 saturated heterocycles. The zero-order valence-corrected chi connectivity index (χ0v) is 16.6. The molecule has 0 aliphatic heterocycles. The molecule has 2 rings (SSSR count). The number of rotatable bonds is 6. The van der Waals surface area contributed by atoms with Crippen molar-refractivity contribution in [3.05, 3.63) is 42.0 Å². The molecule has 0 aromatic heterocycles. The second-order valence-corrected chi connectivity index (χ2v) is 8.01. The van der Waals surface area contributed by atoms with E-state index in [-0.39, 0.29) is 5.91 Å². The average Bonchev–Trinajstić information content (AvgIpc) is 3.04. The van der Waals surface area contributed by atoms with E-state index in [2.05, 4.69) is 10.6 Å². The van der Waals surface area contributed by atoms with Gasteiger partial charge in [0.25, 0.3) is 0 Å². The van der Waals surface area contributed by atoms with Gasteiger partial charge in [0.1, 0.15) is 11.1 Å². The number of anilines is 1. The minimum atomic E-state index is -0.983. The van der Waals surface area contributed by atoms with E-state index in [4.69, 9.17) is 9.84 Å². The third-order valence-electron chi connectivity index (χ3n) is 4.46. The number of amides is 2. The van der Waals surface area contributed by atoms with Crippen LogP contribution in [-0.4, -0.2) is 34.2 Å². The van der Waals surface area contributed by atoms with E-state index in [1.807, 2.05) is 12.1 Å². The first-order valence-electron chi connectivity index (χ1n) is 9.41. The maximum absolute atomic E-state index is 12.9. The van der Waals surface area contributed by atoms with Crippen molar-refractivity contribution in [2.45, 2.75) is 64.0 Å². The fraction of sp³-hybridized carbons (Fsp3) is 0.476. The van der Waals surface area contributed by atoms with Crippen LogP contribution in [0.2, 0.25) is 0 Å². The van der Waals surface area contributed by atoms with Crippen molar-refractivity contribution in [1.29, 1.82) is 0 Å². The molecular weight excluding hydrogens is 360 g/mol. The number of benzene rings is 1. The summed E-state index contributed by atoms with van der Waals surface area (Å²) in [6.45, 7) is 5.34. The number of alkyl carbamates (subject to hydrolysis) is 1. The van der Waals surface area contributed by atoms with Crippen LogP contribution in [0.25, 0.3) is 0 Å². The fourth-order valence-corrected chi connectivity index (χ4v) is 3.16. The number of aliphatic carboxylic acids is 1. The molecule has 1 aromatic rings. The lowest BCUT2D eigenvalue weighted by Gasteiger charge is -2.30. The number of nitrogens with one attached hydrogen (secondary N) is 2. The normalized spacial score (nSPS) is 16.0. The maximum atomic E-state index is 12.9. The van der Waals surface area contributed by atoms with Gasteiger partial charge in [0, 0.05) is 11.8 Å². The predicted octanol–water partition coefficient (Wildman–Crippen LogP) is 3.65. The van der Waals surface area contributed by atoms with Gasteiger partial charge in [0.05, 0.1) is 0 Å². The number of ether oxygens (including phenoxy) is 1. The SMILES string of the molecule is CC(C)(C)OC(=O)NC1(C(=O)Nc2ccc(C/C=C/C(=O)O)cc2)CCCC1. The number of allylic oxidation sites excluding steroid dienone is 1. The van der Waals surface area contributed by atoms with Crippen LogP contribution < -0.4 is 10.6 Å². The molecule has 152 valence electrons. The molecule has 1 aliphatic rings. The Morgan fingerprint density at radius 2 is 1.75 bits per heavy atom. The fourth-order valence-electron chi connectivity index (χ4n) is 3.16. The third-order valence-corrected chi connectivity index (χ3v) is 4.46. The summed E-state index contributed by atoms with van der Waals surface area (Å²) in [6, 6.07) is 7.17. The monoisotopic (exact) mass is 388 g/mol. The Bertz CT molecular complexity index is 741. The van der Waals surface area contributed by atoms with Crippen molar-refractivity contribution in [1.82, 2.24) is 5.32 Å². The van der Waals surface area contributed by atoms with Crippen LogP contribution in [0.1, 0.15) is 52.0 Å².